The van der Waals surface area contributed by atoms with E-state index in [0.29, 0.717) is 6.04 Å². The van der Waals surface area contributed by atoms with Crippen LogP contribution in [0.2, 0.25) is 0 Å². The average Bonchev–Trinajstić information content (AvgIpc) is 3.08. The summed E-state index contributed by atoms with van der Waals surface area (Å²) in [6, 6.07) is 11.8. The third-order valence-electron chi connectivity index (χ3n) is 4.15. The summed E-state index contributed by atoms with van der Waals surface area (Å²) in [6.45, 7) is 4.41. The van der Waals surface area contributed by atoms with Crippen molar-refractivity contribution in [2.75, 3.05) is 18.9 Å². The topological polar surface area (TPSA) is 15.3 Å². The lowest BCUT2D eigenvalue weighted by Gasteiger charge is -2.24. The Kier molecular flexibility index (Phi) is 4.08. The van der Waals surface area contributed by atoms with Gasteiger partial charge in [-0.05, 0) is 55.5 Å². The van der Waals surface area contributed by atoms with Crippen LogP contribution in [0.25, 0.3) is 0 Å². The van der Waals surface area contributed by atoms with Crippen molar-refractivity contribution in [1.29, 1.82) is 0 Å². The first-order chi connectivity index (χ1) is 9.72. The fourth-order valence-electron chi connectivity index (χ4n) is 2.76. The van der Waals surface area contributed by atoms with Gasteiger partial charge in [-0.3, -0.25) is 4.90 Å². The quantitative estimate of drug-likeness (QED) is 0.900. The molecule has 2 nitrogen and oxygen atoms in total. The summed E-state index contributed by atoms with van der Waals surface area (Å²) >= 11 is 1.85. The number of hydrogen-bond acceptors (Lipinski definition) is 3. The molecular formula is C17H22N2S. The van der Waals surface area contributed by atoms with Crippen LogP contribution in [0.4, 0.5) is 5.69 Å². The zero-order valence-electron chi connectivity index (χ0n) is 12.2. The molecule has 1 aromatic heterocycles. The van der Waals surface area contributed by atoms with Gasteiger partial charge >= 0.3 is 0 Å². The smallest absolute Gasteiger partial charge is 0.0376 e. The minimum Gasteiger partial charge on any atom is -0.384 e. The summed E-state index contributed by atoms with van der Waals surface area (Å²) < 4.78 is 0. The number of nitrogens with zero attached hydrogens (tertiary/aromatic N) is 1. The summed E-state index contributed by atoms with van der Waals surface area (Å²) in [7, 11) is 2.22. The maximum atomic E-state index is 3.46. The van der Waals surface area contributed by atoms with Crippen molar-refractivity contribution in [1.82, 2.24) is 4.90 Å². The first-order valence-electron chi connectivity index (χ1n) is 7.30. The summed E-state index contributed by atoms with van der Waals surface area (Å²) in [6.07, 6.45) is 2.30. The van der Waals surface area contributed by atoms with E-state index in [4.69, 9.17) is 0 Å². The maximum absolute atomic E-state index is 3.46. The molecule has 1 unspecified atom stereocenters. The van der Waals surface area contributed by atoms with E-state index in [1.165, 1.54) is 28.1 Å². The van der Waals surface area contributed by atoms with Crippen molar-refractivity contribution in [2.24, 2.45) is 0 Å². The number of hydrogen-bond donors (Lipinski definition) is 1. The van der Waals surface area contributed by atoms with Gasteiger partial charge in [0.15, 0.2) is 0 Å². The lowest BCUT2D eigenvalue weighted by molar-refractivity contribution is 0.249. The van der Waals surface area contributed by atoms with Gasteiger partial charge in [-0.2, -0.15) is 0 Å². The normalized spacial score (nSPS) is 15.2. The molecule has 1 N–H and O–H groups in total. The lowest BCUT2D eigenvalue weighted by atomic mass is 10.1. The molecule has 1 aromatic carbocycles. The number of anilines is 1. The zero-order valence-corrected chi connectivity index (χ0v) is 13.0. The van der Waals surface area contributed by atoms with E-state index < -0.39 is 0 Å². The van der Waals surface area contributed by atoms with E-state index in [9.17, 15) is 0 Å². The van der Waals surface area contributed by atoms with Gasteiger partial charge in [0.05, 0.1) is 0 Å². The van der Waals surface area contributed by atoms with Gasteiger partial charge in [-0.1, -0.05) is 18.2 Å². The van der Waals surface area contributed by atoms with Gasteiger partial charge in [-0.25, -0.2) is 0 Å². The second kappa shape index (κ2) is 5.98. The van der Waals surface area contributed by atoms with E-state index in [2.05, 4.69) is 59.9 Å². The Morgan fingerprint density at radius 1 is 1.35 bits per heavy atom. The van der Waals surface area contributed by atoms with Crippen LogP contribution in [0.15, 0.2) is 35.7 Å². The van der Waals surface area contributed by atoms with Crippen molar-refractivity contribution in [3.8, 4) is 0 Å². The minimum atomic E-state index is 0.565. The highest BCUT2D eigenvalue weighted by Gasteiger charge is 2.14. The third-order valence-corrected chi connectivity index (χ3v) is 5.04. The van der Waals surface area contributed by atoms with Crippen molar-refractivity contribution in [3.63, 3.8) is 0 Å². The molecule has 0 spiro atoms. The molecule has 2 heterocycles. The Morgan fingerprint density at radius 2 is 2.25 bits per heavy atom. The Morgan fingerprint density at radius 3 is 3.05 bits per heavy atom. The van der Waals surface area contributed by atoms with E-state index in [0.717, 1.165) is 19.5 Å². The summed E-state index contributed by atoms with van der Waals surface area (Å²) in [5.74, 6) is 0. The molecule has 106 valence electrons. The molecule has 0 radical (unpaired) electrons. The van der Waals surface area contributed by atoms with Gasteiger partial charge < -0.3 is 5.32 Å². The molecule has 0 bridgehead atoms. The van der Waals surface area contributed by atoms with Crippen LogP contribution in [-0.2, 0) is 19.4 Å². The molecule has 0 aliphatic carbocycles. The standard InChI is InChI=1S/C17H22N2S/c1-13(10-16-4-3-9-20-16)19(2)12-14-5-6-15-7-8-18-17(15)11-14/h3-6,9,11,13,18H,7-8,10,12H2,1-2H3. The van der Waals surface area contributed by atoms with Crippen LogP contribution in [0, 0.1) is 0 Å². The first-order valence-corrected chi connectivity index (χ1v) is 8.18. The molecule has 2 aromatic rings. The monoisotopic (exact) mass is 286 g/mol. The molecular weight excluding hydrogens is 264 g/mol. The van der Waals surface area contributed by atoms with Crippen LogP contribution in [-0.4, -0.2) is 24.5 Å². The van der Waals surface area contributed by atoms with Crippen LogP contribution in [0.3, 0.4) is 0 Å². The van der Waals surface area contributed by atoms with Crippen LogP contribution >= 0.6 is 11.3 Å². The molecule has 1 aliphatic heterocycles. The molecule has 0 saturated heterocycles. The second-order valence-corrected chi connectivity index (χ2v) is 6.75. The number of rotatable bonds is 5. The maximum Gasteiger partial charge on any atom is 0.0376 e. The summed E-state index contributed by atoms with van der Waals surface area (Å²) in [5, 5.41) is 5.62. The molecule has 20 heavy (non-hydrogen) atoms. The molecule has 0 saturated carbocycles. The predicted molar refractivity (Wildman–Crippen MR) is 87.6 cm³/mol. The Bertz CT molecular complexity index is 562. The summed E-state index contributed by atoms with van der Waals surface area (Å²) in [4.78, 5) is 3.91. The van der Waals surface area contributed by atoms with E-state index in [1.807, 2.05) is 11.3 Å². The first kappa shape index (κ1) is 13.7. The number of fused-ring (bicyclic) bond motifs is 1. The van der Waals surface area contributed by atoms with Gasteiger partial charge in [0.2, 0.25) is 0 Å². The van der Waals surface area contributed by atoms with Crippen molar-refractivity contribution in [2.45, 2.75) is 32.4 Å². The predicted octanol–water partition coefficient (Wildman–Crippen LogP) is 3.78. The average molecular weight is 286 g/mol. The Labute approximate surface area is 125 Å². The van der Waals surface area contributed by atoms with Crippen molar-refractivity contribution < 1.29 is 0 Å². The van der Waals surface area contributed by atoms with Gasteiger partial charge in [0.25, 0.3) is 0 Å². The molecule has 0 fully saturated rings. The third kappa shape index (κ3) is 3.05. The minimum absolute atomic E-state index is 0.565. The molecule has 3 heteroatoms. The van der Waals surface area contributed by atoms with Crippen molar-refractivity contribution in [3.05, 3.63) is 51.7 Å². The van der Waals surface area contributed by atoms with Gasteiger partial charge in [-0.15, -0.1) is 11.3 Å². The highest BCUT2D eigenvalue weighted by Crippen LogP contribution is 2.24. The fourth-order valence-corrected chi connectivity index (χ4v) is 3.58. The molecule has 0 amide bonds. The highest BCUT2D eigenvalue weighted by atomic mass is 32.1. The van der Waals surface area contributed by atoms with Gasteiger partial charge in [0, 0.05) is 29.7 Å². The number of likely N-dealkylation sites (N-methyl/N-ethyl adjacent to an activating group) is 1. The summed E-state index contributed by atoms with van der Waals surface area (Å²) in [5.41, 5.74) is 4.20. The molecule has 1 aliphatic rings. The lowest BCUT2D eigenvalue weighted by Crippen LogP contribution is -2.30. The highest BCUT2D eigenvalue weighted by molar-refractivity contribution is 7.09. The largest absolute Gasteiger partial charge is 0.384 e. The van der Waals surface area contributed by atoms with E-state index in [1.54, 1.807) is 0 Å². The fraction of sp³-hybridized carbons (Fsp3) is 0.412. The molecule has 1 atom stereocenters. The number of benzene rings is 1. The SMILES string of the molecule is CC(Cc1cccs1)N(C)Cc1ccc2c(c1)NCC2. The van der Waals surface area contributed by atoms with Crippen LogP contribution < -0.4 is 5.32 Å². The molecule has 3 rings (SSSR count). The van der Waals surface area contributed by atoms with Gasteiger partial charge in [0.1, 0.15) is 0 Å². The zero-order chi connectivity index (χ0) is 13.9. The Hall–Kier alpha value is -1.32. The number of thiophene rings is 1. The van der Waals surface area contributed by atoms with Crippen LogP contribution in [0.1, 0.15) is 22.9 Å². The van der Waals surface area contributed by atoms with E-state index in [-0.39, 0.29) is 0 Å². The second-order valence-electron chi connectivity index (χ2n) is 5.72. The van der Waals surface area contributed by atoms with Crippen molar-refractivity contribution >= 4 is 17.0 Å². The van der Waals surface area contributed by atoms with Crippen LogP contribution in [0.5, 0.6) is 0 Å². The Balaban J connectivity index is 1.62. The number of nitrogens with one attached hydrogen (secondary N) is 1. The van der Waals surface area contributed by atoms with E-state index >= 15 is 0 Å².